The number of hydrogen-bond acceptors (Lipinski definition) is 3. The van der Waals surface area contributed by atoms with E-state index in [1.165, 1.54) is 12.8 Å². The van der Waals surface area contributed by atoms with Gasteiger partial charge in [-0.15, -0.1) is 0 Å². The zero-order valence-electron chi connectivity index (χ0n) is 7.66. The molecule has 0 spiro atoms. The Balaban J connectivity index is 2.01. The summed E-state index contributed by atoms with van der Waals surface area (Å²) in [6.07, 6.45) is 4.06. The molecule has 0 amide bonds. The summed E-state index contributed by atoms with van der Waals surface area (Å²) >= 11 is 0. The standard InChI is InChI=1S/C9H18O3/c1-2-3-4-5-9-11-6-8(10)7-12-9/h8-10H,2-7H2,1H3. The van der Waals surface area contributed by atoms with Crippen LogP contribution in [-0.4, -0.2) is 30.7 Å². The smallest absolute Gasteiger partial charge is 0.157 e. The average molecular weight is 174 g/mol. The van der Waals surface area contributed by atoms with Crippen molar-refractivity contribution >= 4 is 0 Å². The van der Waals surface area contributed by atoms with Crippen molar-refractivity contribution in [2.45, 2.75) is 45.0 Å². The van der Waals surface area contributed by atoms with Gasteiger partial charge in [-0.3, -0.25) is 0 Å². The largest absolute Gasteiger partial charge is 0.388 e. The van der Waals surface area contributed by atoms with Crippen LogP contribution in [0.15, 0.2) is 0 Å². The topological polar surface area (TPSA) is 38.7 Å². The molecule has 1 N–H and O–H groups in total. The van der Waals surface area contributed by atoms with E-state index in [1.807, 2.05) is 0 Å². The number of unbranched alkanes of at least 4 members (excludes halogenated alkanes) is 2. The highest BCUT2D eigenvalue weighted by molar-refractivity contribution is 4.59. The minimum atomic E-state index is -0.424. The second-order valence-electron chi connectivity index (χ2n) is 3.25. The Morgan fingerprint density at radius 3 is 2.50 bits per heavy atom. The van der Waals surface area contributed by atoms with Crippen molar-refractivity contribution < 1.29 is 14.6 Å². The second-order valence-corrected chi connectivity index (χ2v) is 3.25. The highest BCUT2D eigenvalue weighted by Gasteiger charge is 2.19. The van der Waals surface area contributed by atoms with Gasteiger partial charge in [0.25, 0.3) is 0 Å². The van der Waals surface area contributed by atoms with Gasteiger partial charge in [0.05, 0.1) is 13.2 Å². The number of ether oxygens (including phenoxy) is 2. The van der Waals surface area contributed by atoms with E-state index in [9.17, 15) is 0 Å². The third-order valence-electron chi connectivity index (χ3n) is 1.99. The predicted molar refractivity (Wildman–Crippen MR) is 45.8 cm³/mol. The minimum Gasteiger partial charge on any atom is -0.388 e. The molecule has 0 aromatic heterocycles. The van der Waals surface area contributed by atoms with Gasteiger partial charge < -0.3 is 14.6 Å². The van der Waals surface area contributed by atoms with E-state index in [0.717, 1.165) is 12.8 Å². The molecule has 3 nitrogen and oxygen atoms in total. The number of aliphatic hydroxyl groups excluding tert-OH is 1. The average Bonchev–Trinajstić information content (AvgIpc) is 2.09. The summed E-state index contributed by atoms with van der Waals surface area (Å²) in [5.41, 5.74) is 0. The molecule has 0 aliphatic carbocycles. The van der Waals surface area contributed by atoms with Crippen LogP contribution in [0.1, 0.15) is 32.6 Å². The first-order chi connectivity index (χ1) is 5.83. The minimum absolute atomic E-state index is 0.0695. The van der Waals surface area contributed by atoms with E-state index >= 15 is 0 Å². The van der Waals surface area contributed by atoms with Crippen LogP contribution in [0.3, 0.4) is 0 Å². The monoisotopic (exact) mass is 174 g/mol. The maximum absolute atomic E-state index is 9.05. The van der Waals surface area contributed by atoms with Gasteiger partial charge in [0.1, 0.15) is 6.10 Å². The molecule has 12 heavy (non-hydrogen) atoms. The first kappa shape index (κ1) is 9.96. The third-order valence-corrected chi connectivity index (χ3v) is 1.99. The number of aliphatic hydroxyl groups is 1. The lowest BCUT2D eigenvalue weighted by Gasteiger charge is -2.26. The number of rotatable bonds is 4. The lowest BCUT2D eigenvalue weighted by Crippen LogP contribution is -2.35. The van der Waals surface area contributed by atoms with Crippen molar-refractivity contribution in [1.82, 2.24) is 0 Å². The molecule has 0 aromatic carbocycles. The van der Waals surface area contributed by atoms with E-state index in [-0.39, 0.29) is 6.29 Å². The molecule has 1 aliphatic rings. The van der Waals surface area contributed by atoms with Crippen molar-refractivity contribution in [3.8, 4) is 0 Å². The van der Waals surface area contributed by atoms with E-state index in [2.05, 4.69) is 6.92 Å². The van der Waals surface area contributed by atoms with Gasteiger partial charge in [0.2, 0.25) is 0 Å². The molecule has 1 fully saturated rings. The molecule has 3 heteroatoms. The molecule has 0 unspecified atom stereocenters. The molecule has 1 rings (SSSR count). The van der Waals surface area contributed by atoms with Crippen LogP contribution in [0, 0.1) is 0 Å². The Morgan fingerprint density at radius 2 is 1.92 bits per heavy atom. The van der Waals surface area contributed by atoms with E-state index < -0.39 is 6.10 Å². The fourth-order valence-electron chi connectivity index (χ4n) is 1.26. The van der Waals surface area contributed by atoms with Gasteiger partial charge in [-0.1, -0.05) is 19.8 Å². The summed E-state index contributed by atoms with van der Waals surface area (Å²) in [5.74, 6) is 0. The molecule has 1 aliphatic heterocycles. The zero-order chi connectivity index (χ0) is 8.81. The highest BCUT2D eigenvalue weighted by Crippen LogP contribution is 2.12. The van der Waals surface area contributed by atoms with Gasteiger partial charge in [0.15, 0.2) is 6.29 Å². The summed E-state index contributed by atoms with van der Waals surface area (Å²) in [7, 11) is 0. The Labute approximate surface area is 73.7 Å². The van der Waals surface area contributed by atoms with Crippen molar-refractivity contribution in [2.75, 3.05) is 13.2 Å². The maximum atomic E-state index is 9.05. The SMILES string of the molecule is CCCCCC1OCC(O)CO1. The van der Waals surface area contributed by atoms with Gasteiger partial charge in [-0.2, -0.15) is 0 Å². The molecule has 72 valence electrons. The summed E-state index contributed by atoms with van der Waals surface area (Å²) in [6.45, 7) is 3.03. The van der Waals surface area contributed by atoms with Crippen molar-refractivity contribution in [3.05, 3.63) is 0 Å². The Kier molecular flexibility index (Phi) is 4.58. The summed E-state index contributed by atoms with van der Waals surface area (Å²) in [6, 6.07) is 0. The first-order valence-corrected chi connectivity index (χ1v) is 4.74. The molecule has 0 saturated carbocycles. The predicted octanol–water partition coefficient (Wildman–Crippen LogP) is 1.30. The Hall–Kier alpha value is -0.120. The van der Waals surface area contributed by atoms with Crippen LogP contribution < -0.4 is 0 Å². The van der Waals surface area contributed by atoms with Crippen molar-refractivity contribution in [2.24, 2.45) is 0 Å². The van der Waals surface area contributed by atoms with Gasteiger partial charge in [-0.25, -0.2) is 0 Å². The van der Waals surface area contributed by atoms with Crippen molar-refractivity contribution in [3.63, 3.8) is 0 Å². The molecule has 0 atom stereocenters. The van der Waals surface area contributed by atoms with Crippen LogP contribution in [0.5, 0.6) is 0 Å². The maximum Gasteiger partial charge on any atom is 0.157 e. The van der Waals surface area contributed by atoms with Crippen molar-refractivity contribution in [1.29, 1.82) is 0 Å². The molecule has 1 saturated heterocycles. The van der Waals surface area contributed by atoms with Gasteiger partial charge in [-0.05, 0) is 12.8 Å². The van der Waals surface area contributed by atoms with Crippen LogP contribution in [0.25, 0.3) is 0 Å². The lowest BCUT2D eigenvalue weighted by atomic mass is 10.2. The number of hydrogen-bond donors (Lipinski definition) is 1. The molecule has 0 bridgehead atoms. The first-order valence-electron chi connectivity index (χ1n) is 4.74. The fraction of sp³-hybridized carbons (Fsp3) is 1.00. The second kappa shape index (κ2) is 5.51. The highest BCUT2D eigenvalue weighted by atomic mass is 16.7. The van der Waals surface area contributed by atoms with Crippen LogP contribution in [0.2, 0.25) is 0 Å². The Morgan fingerprint density at radius 1 is 1.25 bits per heavy atom. The normalized spacial score (nSPS) is 30.5. The third kappa shape index (κ3) is 3.52. The van der Waals surface area contributed by atoms with Gasteiger partial charge >= 0.3 is 0 Å². The molecule has 0 aromatic rings. The quantitative estimate of drug-likeness (QED) is 0.653. The fourth-order valence-corrected chi connectivity index (χ4v) is 1.26. The zero-order valence-corrected chi connectivity index (χ0v) is 7.66. The summed E-state index contributed by atoms with van der Waals surface area (Å²) in [4.78, 5) is 0. The van der Waals surface area contributed by atoms with Gasteiger partial charge in [0, 0.05) is 0 Å². The lowest BCUT2D eigenvalue weighted by molar-refractivity contribution is -0.218. The Bertz CT molecular complexity index is 108. The molecule has 1 heterocycles. The molecular weight excluding hydrogens is 156 g/mol. The van der Waals surface area contributed by atoms with E-state index in [1.54, 1.807) is 0 Å². The molecule has 0 radical (unpaired) electrons. The van der Waals surface area contributed by atoms with Crippen LogP contribution >= 0.6 is 0 Å². The summed E-state index contributed by atoms with van der Waals surface area (Å²) in [5, 5.41) is 9.05. The summed E-state index contributed by atoms with van der Waals surface area (Å²) < 4.78 is 10.5. The van der Waals surface area contributed by atoms with E-state index in [0.29, 0.717) is 13.2 Å². The van der Waals surface area contributed by atoms with Crippen LogP contribution in [-0.2, 0) is 9.47 Å². The van der Waals surface area contributed by atoms with E-state index in [4.69, 9.17) is 14.6 Å². The molecular formula is C9H18O3. The van der Waals surface area contributed by atoms with Crippen LogP contribution in [0.4, 0.5) is 0 Å².